The van der Waals surface area contributed by atoms with Gasteiger partial charge < -0.3 is 0 Å². The van der Waals surface area contributed by atoms with Gasteiger partial charge in [0.25, 0.3) is 0 Å². The topological polar surface area (TPSA) is 48.5 Å². The molecule has 0 atom stereocenters. The average molecular weight is 198 g/mol. The molecule has 0 saturated carbocycles. The zero-order valence-electron chi connectivity index (χ0n) is 7.05. The Hall–Kier alpha value is -1.36. The molecule has 0 aliphatic rings. The SMILES string of the molecule is Cn1ccc(-n2cnnc2CCl)n1. The maximum atomic E-state index is 5.67. The maximum absolute atomic E-state index is 5.67. The van der Waals surface area contributed by atoms with Crippen molar-refractivity contribution in [2.75, 3.05) is 0 Å². The molecule has 2 heterocycles. The minimum Gasteiger partial charge on any atom is -0.274 e. The number of halogens is 1. The van der Waals surface area contributed by atoms with E-state index in [0.717, 1.165) is 5.82 Å². The average Bonchev–Trinajstić information content (AvgIpc) is 2.71. The van der Waals surface area contributed by atoms with E-state index in [4.69, 9.17) is 11.6 Å². The Morgan fingerprint density at radius 1 is 1.54 bits per heavy atom. The first-order chi connectivity index (χ1) is 6.31. The van der Waals surface area contributed by atoms with E-state index in [1.807, 2.05) is 19.3 Å². The van der Waals surface area contributed by atoms with Crippen molar-refractivity contribution in [2.45, 2.75) is 5.88 Å². The molecule has 2 aromatic heterocycles. The maximum Gasteiger partial charge on any atom is 0.161 e. The van der Waals surface area contributed by atoms with Gasteiger partial charge in [0.1, 0.15) is 6.33 Å². The van der Waals surface area contributed by atoms with E-state index in [-0.39, 0.29) is 0 Å². The lowest BCUT2D eigenvalue weighted by atomic mass is 10.6. The second kappa shape index (κ2) is 3.18. The zero-order valence-corrected chi connectivity index (χ0v) is 7.81. The normalized spacial score (nSPS) is 10.6. The highest BCUT2D eigenvalue weighted by atomic mass is 35.5. The Kier molecular flexibility index (Phi) is 2.02. The molecule has 0 N–H and O–H groups in total. The molecule has 0 bridgehead atoms. The number of nitrogens with zero attached hydrogens (tertiary/aromatic N) is 5. The van der Waals surface area contributed by atoms with Crippen molar-refractivity contribution >= 4 is 11.6 Å². The first-order valence-corrected chi connectivity index (χ1v) is 4.29. The van der Waals surface area contributed by atoms with E-state index in [1.165, 1.54) is 0 Å². The molecule has 68 valence electrons. The van der Waals surface area contributed by atoms with Crippen molar-refractivity contribution in [2.24, 2.45) is 7.05 Å². The van der Waals surface area contributed by atoms with E-state index in [9.17, 15) is 0 Å². The van der Waals surface area contributed by atoms with Crippen LogP contribution in [0.25, 0.3) is 5.82 Å². The molecule has 13 heavy (non-hydrogen) atoms. The fourth-order valence-electron chi connectivity index (χ4n) is 1.07. The minimum atomic E-state index is 0.330. The van der Waals surface area contributed by atoms with E-state index < -0.39 is 0 Å². The van der Waals surface area contributed by atoms with Gasteiger partial charge in [0.2, 0.25) is 0 Å². The summed E-state index contributed by atoms with van der Waals surface area (Å²) < 4.78 is 3.47. The summed E-state index contributed by atoms with van der Waals surface area (Å²) in [6, 6.07) is 1.87. The summed E-state index contributed by atoms with van der Waals surface area (Å²) in [5.74, 6) is 1.81. The van der Waals surface area contributed by atoms with Gasteiger partial charge in [-0.1, -0.05) is 0 Å². The fraction of sp³-hybridized carbons (Fsp3) is 0.286. The van der Waals surface area contributed by atoms with Crippen LogP contribution in [0, 0.1) is 0 Å². The van der Waals surface area contributed by atoms with E-state index >= 15 is 0 Å². The highest BCUT2D eigenvalue weighted by Gasteiger charge is 2.06. The number of aryl methyl sites for hydroxylation is 1. The van der Waals surface area contributed by atoms with Crippen LogP contribution in [0.2, 0.25) is 0 Å². The summed E-state index contributed by atoms with van der Waals surface area (Å²) in [5, 5.41) is 11.8. The van der Waals surface area contributed by atoms with Crippen LogP contribution in [0.15, 0.2) is 18.6 Å². The van der Waals surface area contributed by atoms with Crippen molar-refractivity contribution in [1.29, 1.82) is 0 Å². The second-order valence-electron chi connectivity index (χ2n) is 2.60. The van der Waals surface area contributed by atoms with Gasteiger partial charge >= 0.3 is 0 Å². The standard InChI is InChI=1S/C7H8ClN5/c1-12-3-2-6(11-12)13-5-9-10-7(13)4-8/h2-3,5H,4H2,1H3. The molecule has 0 fully saturated rings. The lowest BCUT2D eigenvalue weighted by molar-refractivity contribution is 0.746. The Morgan fingerprint density at radius 2 is 2.38 bits per heavy atom. The highest BCUT2D eigenvalue weighted by Crippen LogP contribution is 2.07. The van der Waals surface area contributed by atoms with Crippen molar-refractivity contribution < 1.29 is 0 Å². The van der Waals surface area contributed by atoms with Crippen LogP contribution >= 0.6 is 11.6 Å². The predicted octanol–water partition coefficient (Wildman–Crippen LogP) is 0.740. The van der Waals surface area contributed by atoms with Gasteiger partial charge in [-0.15, -0.1) is 21.8 Å². The molecule has 0 radical (unpaired) electrons. The van der Waals surface area contributed by atoms with Crippen LogP contribution in [0.1, 0.15) is 5.82 Å². The van der Waals surface area contributed by atoms with Crippen LogP contribution in [0.4, 0.5) is 0 Å². The Bertz CT molecular complexity index is 404. The molecular formula is C7H8ClN5. The molecule has 0 aliphatic carbocycles. The number of aromatic nitrogens is 5. The number of hydrogen-bond acceptors (Lipinski definition) is 3. The summed E-state index contributed by atoms with van der Waals surface area (Å²) >= 11 is 5.67. The van der Waals surface area contributed by atoms with Crippen molar-refractivity contribution in [3.05, 3.63) is 24.4 Å². The van der Waals surface area contributed by atoms with Crippen LogP contribution in [0.3, 0.4) is 0 Å². The molecule has 0 saturated heterocycles. The Labute approximate surface area is 80.0 Å². The number of rotatable bonds is 2. The molecular weight excluding hydrogens is 190 g/mol. The molecule has 2 rings (SSSR count). The first-order valence-electron chi connectivity index (χ1n) is 3.76. The molecule has 0 aliphatic heterocycles. The van der Waals surface area contributed by atoms with Gasteiger partial charge in [-0.25, -0.2) is 0 Å². The van der Waals surface area contributed by atoms with Crippen LogP contribution < -0.4 is 0 Å². The van der Waals surface area contributed by atoms with Gasteiger partial charge in [0.15, 0.2) is 11.6 Å². The van der Waals surface area contributed by atoms with E-state index in [1.54, 1.807) is 15.6 Å². The van der Waals surface area contributed by atoms with E-state index in [0.29, 0.717) is 11.7 Å². The third kappa shape index (κ3) is 1.42. The van der Waals surface area contributed by atoms with Gasteiger partial charge in [-0.3, -0.25) is 9.25 Å². The largest absolute Gasteiger partial charge is 0.274 e. The summed E-state index contributed by atoms with van der Waals surface area (Å²) in [7, 11) is 1.86. The molecule has 0 spiro atoms. The summed E-state index contributed by atoms with van der Waals surface area (Å²) in [5.41, 5.74) is 0. The third-order valence-corrected chi connectivity index (χ3v) is 1.92. The molecule has 5 nitrogen and oxygen atoms in total. The van der Waals surface area contributed by atoms with Gasteiger partial charge in [0.05, 0.1) is 5.88 Å². The summed E-state index contributed by atoms with van der Waals surface area (Å²) in [6.45, 7) is 0. The smallest absolute Gasteiger partial charge is 0.161 e. The first kappa shape index (κ1) is 8.25. The molecule has 0 unspecified atom stereocenters. The second-order valence-corrected chi connectivity index (χ2v) is 2.87. The summed E-state index contributed by atoms with van der Waals surface area (Å²) in [4.78, 5) is 0. The zero-order chi connectivity index (χ0) is 9.26. The monoisotopic (exact) mass is 197 g/mol. The minimum absolute atomic E-state index is 0.330. The lowest BCUT2D eigenvalue weighted by Crippen LogP contribution is -2.00. The number of alkyl halides is 1. The van der Waals surface area contributed by atoms with Crippen LogP contribution in [-0.2, 0) is 12.9 Å². The number of hydrogen-bond donors (Lipinski definition) is 0. The quantitative estimate of drug-likeness (QED) is 0.668. The highest BCUT2D eigenvalue weighted by molar-refractivity contribution is 6.16. The lowest BCUT2D eigenvalue weighted by Gasteiger charge is -1.97. The summed E-state index contributed by atoms with van der Waals surface area (Å²) in [6.07, 6.45) is 3.45. The Balaban J connectivity index is 2.45. The van der Waals surface area contributed by atoms with Crippen molar-refractivity contribution in [3.63, 3.8) is 0 Å². The van der Waals surface area contributed by atoms with Gasteiger partial charge in [-0.2, -0.15) is 5.10 Å². The van der Waals surface area contributed by atoms with Gasteiger partial charge in [0, 0.05) is 19.3 Å². The van der Waals surface area contributed by atoms with Crippen LogP contribution in [0.5, 0.6) is 0 Å². The van der Waals surface area contributed by atoms with Crippen molar-refractivity contribution in [1.82, 2.24) is 24.5 Å². The fourth-order valence-corrected chi connectivity index (χ4v) is 1.25. The van der Waals surface area contributed by atoms with Crippen molar-refractivity contribution in [3.8, 4) is 5.82 Å². The molecule has 2 aromatic rings. The third-order valence-electron chi connectivity index (χ3n) is 1.68. The molecule has 6 heteroatoms. The Morgan fingerprint density at radius 3 is 3.00 bits per heavy atom. The van der Waals surface area contributed by atoms with Crippen LogP contribution in [-0.4, -0.2) is 24.5 Å². The molecule has 0 amide bonds. The molecule has 0 aromatic carbocycles. The van der Waals surface area contributed by atoms with Gasteiger partial charge in [-0.05, 0) is 0 Å². The van der Waals surface area contributed by atoms with E-state index in [2.05, 4.69) is 15.3 Å². The predicted molar refractivity (Wildman–Crippen MR) is 47.7 cm³/mol.